The molecule has 0 amide bonds. The lowest BCUT2D eigenvalue weighted by Crippen LogP contribution is -2.30. The molecule has 0 aromatic carbocycles. The molecule has 2 rings (SSSR count). The maximum absolute atomic E-state index is 11.4. The Bertz CT molecular complexity index is 329. The molecule has 13 heavy (non-hydrogen) atoms. The van der Waals surface area contributed by atoms with E-state index in [1.807, 2.05) is 0 Å². The van der Waals surface area contributed by atoms with E-state index in [0.717, 1.165) is 12.8 Å². The Kier molecular flexibility index (Phi) is 1.96. The molecule has 68 valence electrons. The van der Waals surface area contributed by atoms with Crippen LogP contribution in [0.1, 0.15) is 25.3 Å². The van der Waals surface area contributed by atoms with Crippen LogP contribution in [0, 0.1) is 0 Å². The van der Waals surface area contributed by atoms with E-state index >= 15 is 0 Å². The van der Waals surface area contributed by atoms with Gasteiger partial charge < -0.3 is 4.57 Å². The van der Waals surface area contributed by atoms with Gasteiger partial charge in [0.2, 0.25) is 11.6 Å². The summed E-state index contributed by atoms with van der Waals surface area (Å²) in [7, 11) is 0. The second-order valence-electron chi connectivity index (χ2n) is 3.21. The fraction of sp³-hybridized carbons (Fsp3) is 0.444. The first-order valence-corrected chi connectivity index (χ1v) is 4.33. The molecule has 4 nitrogen and oxygen atoms in total. The number of carbonyl (C=O) groups is 2. The van der Waals surface area contributed by atoms with Gasteiger partial charge in [-0.05, 0) is 12.8 Å². The van der Waals surface area contributed by atoms with Crippen molar-refractivity contribution in [2.75, 3.05) is 0 Å². The molecule has 1 unspecified atom stereocenters. The molecule has 1 heterocycles. The number of carbonyl (C=O) groups excluding carboxylic acids is 2. The summed E-state index contributed by atoms with van der Waals surface area (Å²) >= 11 is 0. The Balaban J connectivity index is 2.24. The van der Waals surface area contributed by atoms with Crippen LogP contribution in [-0.4, -0.2) is 21.1 Å². The highest BCUT2D eigenvalue weighted by molar-refractivity contribution is 6.39. The fourth-order valence-corrected chi connectivity index (χ4v) is 1.63. The molecular weight excluding hydrogens is 168 g/mol. The van der Waals surface area contributed by atoms with Crippen LogP contribution in [0.4, 0.5) is 0 Å². The predicted molar refractivity (Wildman–Crippen MR) is 45.1 cm³/mol. The summed E-state index contributed by atoms with van der Waals surface area (Å²) in [5.41, 5.74) is 0. The summed E-state index contributed by atoms with van der Waals surface area (Å²) < 4.78 is 1.71. The van der Waals surface area contributed by atoms with Crippen molar-refractivity contribution in [3.63, 3.8) is 0 Å². The van der Waals surface area contributed by atoms with E-state index in [2.05, 4.69) is 4.98 Å². The highest BCUT2D eigenvalue weighted by Crippen LogP contribution is 2.22. The van der Waals surface area contributed by atoms with Crippen molar-refractivity contribution in [2.45, 2.75) is 25.3 Å². The van der Waals surface area contributed by atoms with Gasteiger partial charge in [0.25, 0.3) is 0 Å². The minimum absolute atomic E-state index is 0.245. The third kappa shape index (κ3) is 1.39. The normalized spacial score (nSPS) is 23.5. The number of Topliss-reactive ketones (excluding diaryl/α,β-unsaturated/α-hetero) is 2. The molecule has 1 aromatic rings. The van der Waals surface area contributed by atoms with Gasteiger partial charge in [-0.1, -0.05) is 0 Å². The lowest BCUT2D eigenvalue weighted by Gasteiger charge is -2.20. The molecular formula is C9H10N2O2. The number of nitrogens with zero attached hydrogens (tertiary/aromatic N) is 2. The number of rotatable bonds is 1. The van der Waals surface area contributed by atoms with Gasteiger partial charge in [-0.2, -0.15) is 0 Å². The first-order chi connectivity index (χ1) is 6.29. The minimum Gasteiger partial charge on any atom is -0.326 e. The van der Waals surface area contributed by atoms with Crippen LogP contribution in [0.15, 0.2) is 18.7 Å². The van der Waals surface area contributed by atoms with Crippen LogP contribution in [0.25, 0.3) is 0 Å². The van der Waals surface area contributed by atoms with E-state index in [4.69, 9.17) is 0 Å². The van der Waals surface area contributed by atoms with Gasteiger partial charge in [-0.15, -0.1) is 0 Å². The van der Waals surface area contributed by atoms with Gasteiger partial charge in [-0.25, -0.2) is 4.98 Å². The van der Waals surface area contributed by atoms with Crippen LogP contribution in [0.3, 0.4) is 0 Å². The smallest absolute Gasteiger partial charge is 0.221 e. The second kappa shape index (κ2) is 3.12. The van der Waals surface area contributed by atoms with Crippen molar-refractivity contribution >= 4 is 11.6 Å². The molecule has 0 spiro atoms. The van der Waals surface area contributed by atoms with Crippen LogP contribution < -0.4 is 0 Å². The molecule has 0 bridgehead atoms. The lowest BCUT2D eigenvalue weighted by molar-refractivity contribution is -0.140. The van der Waals surface area contributed by atoms with E-state index in [0.29, 0.717) is 6.42 Å². The molecule has 1 aromatic heterocycles. The number of hydrogen-bond donors (Lipinski definition) is 0. The molecule has 0 saturated heterocycles. The van der Waals surface area contributed by atoms with Gasteiger partial charge in [0.15, 0.2) is 0 Å². The molecule has 1 atom stereocenters. The quantitative estimate of drug-likeness (QED) is 0.596. The minimum atomic E-state index is -0.302. The molecule has 1 aliphatic carbocycles. The molecule has 1 saturated carbocycles. The number of hydrogen-bond acceptors (Lipinski definition) is 3. The third-order valence-electron chi connectivity index (χ3n) is 2.34. The Morgan fingerprint density at radius 1 is 1.46 bits per heavy atom. The van der Waals surface area contributed by atoms with Crippen LogP contribution in [0.2, 0.25) is 0 Å². The van der Waals surface area contributed by atoms with Crippen LogP contribution >= 0.6 is 0 Å². The molecule has 4 heteroatoms. The predicted octanol–water partition coefficient (Wildman–Crippen LogP) is 0.746. The summed E-state index contributed by atoms with van der Waals surface area (Å²) in [5, 5.41) is 0. The first kappa shape index (κ1) is 8.16. The number of aromatic nitrogens is 2. The zero-order chi connectivity index (χ0) is 9.26. The fourth-order valence-electron chi connectivity index (χ4n) is 1.63. The van der Waals surface area contributed by atoms with Crippen molar-refractivity contribution in [1.29, 1.82) is 0 Å². The van der Waals surface area contributed by atoms with E-state index in [-0.39, 0.29) is 17.6 Å². The molecule has 0 aliphatic heterocycles. The summed E-state index contributed by atoms with van der Waals surface area (Å²) in [6, 6.07) is -0.302. The van der Waals surface area contributed by atoms with Crippen molar-refractivity contribution in [3.05, 3.63) is 18.7 Å². The summed E-state index contributed by atoms with van der Waals surface area (Å²) in [6.45, 7) is 0. The number of imidazole rings is 1. The highest BCUT2D eigenvalue weighted by atomic mass is 16.2. The van der Waals surface area contributed by atoms with E-state index in [1.54, 1.807) is 23.3 Å². The Morgan fingerprint density at radius 3 is 3.00 bits per heavy atom. The van der Waals surface area contributed by atoms with Crippen molar-refractivity contribution < 1.29 is 9.59 Å². The zero-order valence-corrected chi connectivity index (χ0v) is 7.14. The van der Waals surface area contributed by atoms with Gasteiger partial charge >= 0.3 is 0 Å². The Hall–Kier alpha value is -1.45. The monoisotopic (exact) mass is 178 g/mol. The van der Waals surface area contributed by atoms with Gasteiger partial charge in [-0.3, -0.25) is 9.59 Å². The van der Waals surface area contributed by atoms with Crippen molar-refractivity contribution in [3.8, 4) is 0 Å². The highest BCUT2D eigenvalue weighted by Gasteiger charge is 2.29. The van der Waals surface area contributed by atoms with Gasteiger partial charge in [0.1, 0.15) is 6.04 Å². The van der Waals surface area contributed by atoms with E-state index in [1.165, 1.54) is 0 Å². The molecule has 0 N–H and O–H groups in total. The number of ketones is 2. The van der Waals surface area contributed by atoms with Gasteiger partial charge in [0.05, 0.1) is 6.33 Å². The maximum Gasteiger partial charge on any atom is 0.221 e. The average molecular weight is 178 g/mol. The largest absolute Gasteiger partial charge is 0.326 e. The molecule has 1 aliphatic rings. The molecule has 1 fully saturated rings. The summed E-state index contributed by atoms with van der Waals surface area (Å²) in [5.74, 6) is -0.519. The standard InChI is InChI=1S/C9H10N2O2/c12-8-3-1-2-7(9(8)13)11-5-4-10-6-11/h4-7H,1-3H2. The van der Waals surface area contributed by atoms with Crippen molar-refractivity contribution in [2.24, 2.45) is 0 Å². The molecule has 0 radical (unpaired) electrons. The second-order valence-corrected chi connectivity index (χ2v) is 3.21. The van der Waals surface area contributed by atoms with E-state index < -0.39 is 0 Å². The lowest BCUT2D eigenvalue weighted by atomic mass is 9.93. The van der Waals surface area contributed by atoms with Crippen LogP contribution in [0.5, 0.6) is 0 Å². The SMILES string of the molecule is O=C1CCCC(n2ccnc2)C1=O. The van der Waals surface area contributed by atoms with Crippen molar-refractivity contribution in [1.82, 2.24) is 9.55 Å². The van der Waals surface area contributed by atoms with Gasteiger partial charge in [0, 0.05) is 18.8 Å². The average Bonchev–Trinajstić information content (AvgIpc) is 2.62. The first-order valence-electron chi connectivity index (χ1n) is 4.33. The topological polar surface area (TPSA) is 52.0 Å². The van der Waals surface area contributed by atoms with E-state index in [9.17, 15) is 9.59 Å². The van der Waals surface area contributed by atoms with Crippen LogP contribution in [-0.2, 0) is 9.59 Å². The third-order valence-corrected chi connectivity index (χ3v) is 2.34. The summed E-state index contributed by atoms with van der Waals surface area (Å²) in [6.07, 6.45) is 6.88. The maximum atomic E-state index is 11.4. The Labute approximate surface area is 75.6 Å². The zero-order valence-electron chi connectivity index (χ0n) is 7.14. The Morgan fingerprint density at radius 2 is 2.31 bits per heavy atom. The summed E-state index contributed by atoms with van der Waals surface area (Å²) in [4.78, 5) is 26.4.